The number of rotatable bonds is 3. The van der Waals surface area contributed by atoms with Gasteiger partial charge in [-0.25, -0.2) is 14.8 Å². The normalized spacial score (nSPS) is 17.4. The number of imidazole rings is 1. The lowest BCUT2D eigenvalue weighted by Gasteiger charge is -2.39. The molecular formula is C18H23N7O2. The molecule has 9 nitrogen and oxygen atoms in total. The van der Waals surface area contributed by atoms with E-state index in [-0.39, 0.29) is 5.41 Å². The minimum absolute atomic E-state index is 0.127. The molecule has 0 bridgehead atoms. The standard InChI is InChI=1S/C18H23N7O2/c1-17(2,3)13-4-7-25(23-13)18(15(26)27)5-8-24(9-6-18)16-19-10-12-14(22-16)21-11-20-12/h4,7,10-11H,5-6,8-9H2,1-3H3,(H,26,27)(H,19,20,21,22). The number of carboxylic acid groups (broad SMARTS) is 1. The van der Waals surface area contributed by atoms with E-state index in [0.29, 0.717) is 37.5 Å². The van der Waals surface area contributed by atoms with E-state index in [1.807, 2.05) is 11.0 Å². The molecule has 4 rings (SSSR count). The van der Waals surface area contributed by atoms with E-state index in [1.54, 1.807) is 23.4 Å². The van der Waals surface area contributed by atoms with Crippen LogP contribution >= 0.6 is 0 Å². The second kappa shape index (κ2) is 6.04. The van der Waals surface area contributed by atoms with Crippen molar-refractivity contribution in [1.82, 2.24) is 29.7 Å². The van der Waals surface area contributed by atoms with Crippen LogP contribution in [0.1, 0.15) is 39.3 Å². The SMILES string of the molecule is CC(C)(C)c1ccn(C2(C(=O)O)CCN(c3ncc4[nH]cnc4n3)CC2)n1. The summed E-state index contributed by atoms with van der Waals surface area (Å²) in [6.07, 6.45) is 5.92. The molecule has 0 aliphatic carbocycles. The van der Waals surface area contributed by atoms with Crippen molar-refractivity contribution in [2.45, 2.75) is 44.6 Å². The fourth-order valence-corrected chi connectivity index (χ4v) is 3.46. The molecule has 1 aliphatic rings. The number of hydrogen-bond acceptors (Lipinski definition) is 6. The summed E-state index contributed by atoms with van der Waals surface area (Å²) in [5.74, 6) is -0.279. The third-order valence-electron chi connectivity index (χ3n) is 5.23. The minimum atomic E-state index is -1.05. The van der Waals surface area contributed by atoms with Gasteiger partial charge in [-0.3, -0.25) is 4.68 Å². The molecule has 0 spiro atoms. The monoisotopic (exact) mass is 369 g/mol. The number of aliphatic carboxylic acids is 1. The molecule has 0 radical (unpaired) electrons. The first-order chi connectivity index (χ1) is 12.8. The average Bonchev–Trinajstić information content (AvgIpc) is 3.30. The number of nitrogens with zero attached hydrogens (tertiary/aromatic N) is 6. The number of piperidine rings is 1. The van der Waals surface area contributed by atoms with E-state index >= 15 is 0 Å². The van der Waals surface area contributed by atoms with Crippen molar-refractivity contribution in [2.75, 3.05) is 18.0 Å². The molecule has 3 aromatic heterocycles. The van der Waals surface area contributed by atoms with Gasteiger partial charge in [0.05, 0.1) is 18.2 Å². The molecule has 0 saturated carbocycles. The zero-order valence-corrected chi connectivity index (χ0v) is 15.7. The van der Waals surface area contributed by atoms with E-state index in [0.717, 1.165) is 11.2 Å². The summed E-state index contributed by atoms with van der Waals surface area (Å²) in [6, 6.07) is 1.91. The minimum Gasteiger partial charge on any atom is -0.479 e. The topological polar surface area (TPSA) is 113 Å². The van der Waals surface area contributed by atoms with Crippen LogP contribution in [0, 0.1) is 0 Å². The van der Waals surface area contributed by atoms with E-state index in [4.69, 9.17) is 0 Å². The molecule has 0 atom stereocenters. The average molecular weight is 369 g/mol. The number of nitrogens with one attached hydrogen (secondary N) is 1. The summed E-state index contributed by atoms with van der Waals surface area (Å²) in [5.41, 5.74) is 1.10. The van der Waals surface area contributed by atoms with E-state index in [2.05, 4.69) is 45.8 Å². The van der Waals surface area contributed by atoms with E-state index in [1.165, 1.54) is 0 Å². The molecular weight excluding hydrogens is 346 g/mol. The summed E-state index contributed by atoms with van der Waals surface area (Å²) >= 11 is 0. The Kier molecular flexibility index (Phi) is 3.90. The van der Waals surface area contributed by atoms with Crippen LogP contribution in [0.2, 0.25) is 0 Å². The van der Waals surface area contributed by atoms with Crippen molar-refractivity contribution in [3.63, 3.8) is 0 Å². The number of hydrogen-bond donors (Lipinski definition) is 2. The molecule has 0 aromatic carbocycles. The Balaban J connectivity index is 1.58. The van der Waals surface area contributed by atoms with Gasteiger partial charge in [0.15, 0.2) is 11.2 Å². The number of anilines is 1. The number of carboxylic acids is 1. The molecule has 9 heteroatoms. The highest BCUT2D eigenvalue weighted by molar-refractivity contribution is 5.77. The lowest BCUT2D eigenvalue weighted by molar-refractivity contribution is -0.149. The summed E-state index contributed by atoms with van der Waals surface area (Å²) in [7, 11) is 0. The Hall–Kier alpha value is -2.97. The van der Waals surface area contributed by atoms with Crippen molar-refractivity contribution in [3.05, 3.63) is 30.5 Å². The van der Waals surface area contributed by atoms with Crippen LogP contribution in [-0.2, 0) is 15.7 Å². The van der Waals surface area contributed by atoms with Crippen LogP contribution in [0.15, 0.2) is 24.8 Å². The Morgan fingerprint density at radius 2 is 2.00 bits per heavy atom. The highest BCUT2D eigenvalue weighted by atomic mass is 16.4. The second-order valence-electron chi connectivity index (χ2n) is 8.03. The molecule has 142 valence electrons. The molecule has 27 heavy (non-hydrogen) atoms. The predicted octanol–water partition coefficient (Wildman–Crippen LogP) is 1.93. The smallest absolute Gasteiger partial charge is 0.331 e. The van der Waals surface area contributed by atoms with Crippen molar-refractivity contribution in [1.29, 1.82) is 0 Å². The quantitative estimate of drug-likeness (QED) is 0.725. The van der Waals surface area contributed by atoms with Gasteiger partial charge in [-0.2, -0.15) is 10.1 Å². The lowest BCUT2D eigenvalue weighted by Crippen LogP contribution is -2.51. The number of aromatic nitrogens is 6. The van der Waals surface area contributed by atoms with Gasteiger partial charge in [0.1, 0.15) is 5.52 Å². The maximum Gasteiger partial charge on any atom is 0.331 e. The van der Waals surface area contributed by atoms with E-state index < -0.39 is 11.5 Å². The third kappa shape index (κ3) is 2.92. The third-order valence-corrected chi connectivity index (χ3v) is 5.23. The van der Waals surface area contributed by atoms with Gasteiger partial charge in [0.25, 0.3) is 0 Å². The number of aromatic amines is 1. The maximum atomic E-state index is 12.2. The molecule has 0 amide bonds. The van der Waals surface area contributed by atoms with Crippen molar-refractivity contribution >= 4 is 23.1 Å². The molecule has 1 fully saturated rings. The number of carbonyl (C=O) groups is 1. The second-order valence-corrected chi connectivity index (χ2v) is 8.03. The Bertz CT molecular complexity index is 977. The van der Waals surface area contributed by atoms with Crippen LogP contribution in [-0.4, -0.2) is 53.9 Å². The van der Waals surface area contributed by atoms with Gasteiger partial charge in [-0.15, -0.1) is 0 Å². The fourth-order valence-electron chi connectivity index (χ4n) is 3.46. The van der Waals surface area contributed by atoms with Gasteiger partial charge in [0, 0.05) is 37.5 Å². The highest BCUT2D eigenvalue weighted by Crippen LogP contribution is 2.33. The van der Waals surface area contributed by atoms with E-state index in [9.17, 15) is 9.90 Å². The zero-order valence-electron chi connectivity index (χ0n) is 15.7. The Labute approximate surface area is 156 Å². The lowest BCUT2D eigenvalue weighted by atomic mass is 9.88. The predicted molar refractivity (Wildman–Crippen MR) is 99.7 cm³/mol. The van der Waals surface area contributed by atoms with Gasteiger partial charge in [-0.05, 0) is 6.07 Å². The van der Waals surface area contributed by atoms with Gasteiger partial charge in [-0.1, -0.05) is 20.8 Å². The van der Waals surface area contributed by atoms with Crippen LogP contribution in [0.3, 0.4) is 0 Å². The van der Waals surface area contributed by atoms with Gasteiger partial charge in [0.2, 0.25) is 5.95 Å². The number of H-pyrrole nitrogens is 1. The van der Waals surface area contributed by atoms with Crippen LogP contribution < -0.4 is 4.90 Å². The van der Waals surface area contributed by atoms with Gasteiger partial charge >= 0.3 is 5.97 Å². The van der Waals surface area contributed by atoms with Crippen molar-refractivity contribution in [2.24, 2.45) is 0 Å². The highest BCUT2D eigenvalue weighted by Gasteiger charge is 2.45. The summed E-state index contributed by atoms with van der Waals surface area (Å²) < 4.78 is 1.63. The molecule has 1 saturated heterocycles. The largest absolute Gasteiger partial charge is 0.479 e. The molecule has 1 aliphatic heterocycles. The van der Waals surface area contributed by atoms with Crippen LogP contribution in [0.25, 0.3) is 11.2 Å². The van der Waals surface area contributed by atoms with Crippen molar-refractivity contribution in [3.8, 4) is 0 Å². The summed E-state index contributed by atoms with van der Waals surface area (Å²) in [5, 5.41) is 14.6. The number of fused-ring (bicyclic) bond motifs is 1. The van der Waals surface area contributed by atoms with Crippen molar-refractivity contribution < 1.29 is 9.90 Å². The fraction of sp³-hybridized carbons (Fsp3) is 0.500. The first-order valence-corrected chi connectivity index (χ1v) is 9.01. The maximum absolute atomic E-state index is 12.2. The first kappa shape index (κ1) is 17.4. The molecule has 3 aromatic rings. The van der Waals surface area contributed by atoms with Crippen LogP contribution in [0.5, 0.6) is 0 Å². The van der Waals surface area contributed by atoms with Crippen LogP contribution in [0.4, 0.5) is 5.95 Å². The molecule has 0 unspecified atom stereocenters. The molecule has 2 N–H and O–H groups in total. The van der Waals surface area contributed by atoms with Gasteiger partial charge < -0.3 is 15.0 Å². The first-order valence-electron chi connectivity index (χ1n) is 9.01. The summed E-state index contributed by atoms with van der Waals surface area (Å²) in [4.78, 5) is 30.2. The Morgan fingerprint density at radius 3 is 2.63 bits per heavy atom. The molecule has 4 heterocycles. The Morgan fingerprint density at radius 1 is 1.26 bits per heavy atom. The summed E-state index contributed by atoms with van der Waals surface area (Å²) in [6.45, 7) is 7.27. The zero-order chi connectivity index (χ0) is 19.2.